The predicted molar refractivity (Wildman–Crippen MR) is 104 cm³/mol. The molecule has 1 amide bonds. The first kappa shape index (κ1) is 19.2. The number of para-hydroxylation sites is 1. The molecular formula is C21H24N2O3. The van der Waals surface area contributed by atoms with Gasteiger partial charge in [-0.05, 0) is 41.7 Å². The van der Waals surface area contributed by atoms with Crippen molar-refractivity contribution in [2.24, 2.45) is 5.10 Å². The van der Waals surface area contributed by atoms with Crippen molar-refractivity contribution in [1.29, 1.82) is 0 Å². The van der Waals surface area contributed by atoms with Gasteiger partial charge in [0.15, 0.2) is 6.61 Å². The second-order valence-electron chi connectivity index (χ2n) is 6.15. The van der Waals surface area contributed by atoms with Gasteiger partial charge in [-0.2, -0.15) is 5.10 Å². The third-order valence-electron chi connectivity index (χ3n) is 3.82. The molecule has 2 rings (SSSR count). The maximum absolute atomic E-state index is 11.8. The minimum Gasteiger partial charge on any atom is -0.507 e. The lowest BCUT2D eigenvalue weighted by atomic mass is 10.0. The van der Waals surface area contributed by atoms with Crippen LogP contribution < -0.4 is 10.2 Å². The SMILES string of the molecule is C=CCc1cccc(/C=N\NC(=O)COc2ccc(C(C)C)cc2)c1O. The van der Waals surface area contributed by atoms with Gasteiger partial charge < -0.3 is 9.84 Å². The number of nitrogens with one attached hydrogen (secondary N) is 1. The number of ether oxygens (including phenoxy) is 1. The number of aromatic hydroxyl groups is 1. The fourth-order valence-corrected chi connectivity index (χ4v) is 2.34. The molecule has 0 aliphatic carbocycles. The van der Waals surface area contributed by atoms with E-state index in [1.807, 2.05) is 36.4 Å². The quantitative estimate of drug-likeness (QED) is 0.431. The minimum atomic E-state index is -0.379. The van der Waals surface area contributed by atoms with Gasteiger partial charge in [0, 0.05) is 5.56 Å². The van der Waals surface area contributed by atoms with Crippen LogP contribution in [-0.4, -0.2) is 23.8 Å². The molecule has 5 heteroatoms. The average Bonchev–Trinajstić information content (AvgIpc) is 2.63. The van der Waals surface area contributed by atoms with Crippen LogP contribution in [0, 0.1) is 0 Å². The zero-order valence-corrected chi connectivity index (χ0v) is 15.1. The molecule has 2 aromatic carbocycles. The number of allylic oxidation sites excluding steroid dienone is 1. The van der Waals surface area contributed by atoms with Crippen molar-refractivity contribution >= 4 is 12.1 Å². The monoisotopic (exact) mass is 352 g/mol. The molecule has 0 radical (unpaired) electrons. The number of carbonyl (C=O) groups is 1. The lowest BCUT2D eigenvalue weighted by Gasteiger charge is -2.08. The first-order chi connectivity index (χ1) is 12.5. The Hall–Kier alpha value is -3.08. The van der Waals surface area contributed by atoms with Gasteiger partial charge in [-0.25, -0.2) is 5.43 Å². The predicted octanol–water partition coefficient (Wildman–Crippen LogP) is 3.77. The average molecular weight is 352 g/mol. The summed E-state index contributed by atoms with van der Waals surface area (Å²) in [5, 5.41) is 14.0. The standard InChI is InChI=1S/C21H24N2O3/c1-4-6-17-7-5-8-18(21(17)25)13-22-23-20(24)14-26-19-11-9-16(10-12-19)15(2)3/h4-5,7-13,15,25H,1,6,14H2,2-3H3,(H,23,24)/b22-13-. The number of hydrogen-bond donors (Lipinski definition) is 2. The second-order valence-corrected chi connectivity index (χ2v) is 6.15. The molecule has 2 aromatic rings. The molecular weight excluding hydrogens is 328 g/mol. The Morgan fingerprint density at radius 3 is 2.65 bits per heavy atom. The normalized spacial score (nSPS) is 10.9. The van der Waals surface area contributed by atoms with Gasteiger partial charge in [0.2, 0.25) is 0 Å². The summed E-state index contributed by atoms with van der Waals surface area (Å²) >= 11 is 0. The Kier molecular flexibility index (Phi) is 6.97. The Bertz CT molecular complexity index is 780. The highest BCUT2D eigenvalue weighted by atomic mass is 16.5. The first-order valence-corrected chi connectivity index (χ1v) is 8.47. The van der Waals surface area contributed by atoms with Crippen molar-refractivity contribution in [3.63, 3.8) is 0 Å². The fourth-order valence-electron chi connectivity index (χ4n) is 2.34. The molecule has 136 valence electrons. The molecule has 0 spiro atoms. The lowest BCUT2D eigenvalue weighted by Crippen LogP contribution is -2.24. The summed E-state index contributed by atoms with van der Waals surface area (Å²) in [7, 11) is 0. The molecule has 0 unspecified atom stereocenters. The van der Waals surface area contributed by atoms with Crippen molar-refractivity contribution in [3.8, 4) is 11.5 Å². The van der Waals surface area contributed by atoms with Crippen molar-refractivity contribution in [2.45, 2.75) is 26.2 Å². The van der Waals surface area contributed by atoms with Crippen molar-refractivity contribution in [2.75, 3.05) is 6.61 Å². The molecule has 26 heavy (non-hydrogen) atoms. The molecule has 0 aliphatic rings. The topological polar surface area (TPSA) is 70.9 Å². The number of carbonyl (C=O) groups excluding carboxylic acids is 1. The van der Waals surface area contributed by atoms with E-state index >= 15 is 0 Å². The van der Waals surface area contributed by atoms with Crippen molar-refractivity contribution in [3.05, 3.63) is 71.8 Å². The molecule has 5 nitrogen and oxygen atoms in total. The number of rotatable bonds is 8. The molecule has 0 atom stereocenters. The van der Waals surface area contributed by atoms with Crippen molar-refractivity contribution < 1.29 is 14.6 Å². The van der Waals surface area contributed by atoms with E-state index in [-0.39, 0.29) is 18.3 Å². The zero-order chi connectivity index (χ0) is 18.9. The second kappa shape index (κ2) is 9.42. The van der Waals surface area contributed by atoms with Gasteiger partial charge >= 0.3 is 0 Å². The number of benzene rings is 2. The molecule has 0 bridgehead atoms. The van der Waals surface area contributed by atoms with E-state index in [0.29, 0.717) is 23.7 Å². The van der Waals surface area contributed by atoms with E-state index in [2.05, 4.69) is 31.0 Å². The highest BCUT2D eigenvalue weighted by Crippen LogP contribution is 2.21. The van der Waals surface area contributed by atoms with Crippen LogP contribution in [0.4, 0.5) is 0 Å². The van der Waals surface area contributed by atoms with Crippen LogP contribution >= 0.6 is 0 Å². The van der Waals surface area contributed by atoms with Gasteiger partial charge in [-0.15, -0.1) is 6.58 Å². The summed E-state index contributed by atoms with van der Waals surface area (Å²) in [5.74, 6) is 0.828. The minimum absolute atomic E-state index is 0.131. The summed E-state index contributed by atoms with van der Waals surface area (Å²) in [5.41, 5.74) is 4.87. The van der Waals surface area contributed by atoms with E-state index in [9.17, 15) is 9.90 Å². The Balaban J connectivity index is 1.86. The molecule has 0 saturated heterocycles. The molecule has 0 saturated carbocycles. The largest absolute Gasteiger partial charge is 0.507 e. The van der Waals surface area contributed by atoms with E-state index < -0.39 is 0 Å². The molecule has 0 aromatic heterocycles. The number of hydrazone groups is 1. The van der Waals surface area contributed by atoms with Crippen LogP contribution in [0.1, 0.15) is 36.5 Å². The molecule has 0 heterocycles. The summed E-state index contributed by atoms with van der Waals surface area (Å²) in [6.45, 7) is 7.75. The number of phenols is 1. The smallest absolute Gasteiger partial charge is 0.277 e. The van der Waals surface area contributed by atoms with Crippen LogP contribution in [-0.2, 0) is 11.2 Å². The van der Waals surface area contributed by atoms with E-state index in [1.54, 1.807) is 12.1 Å². The van der Waals surface area contributed by atoms with Crippen LogP contribution in [0.5, 0.6) is 11.5 Å². The van der Waals surface area contributed by atoms with Crippen LogP contribution in [0.3, 0.4) is 0 Å². The lowest BCUT2D eigenvalue weighted by molar-refractivity contribution is -0.123. The van der Waals surface area contributed by atoms with E-state index in [0.717, 1.165) is 5.56 Å². The first-order valence-electron chi connectivity index (χ1n) is 8.47. The number of amides is 1. The van der Waals surface area contributed by atoms with Gasteiger partial charge in [0.25, 0.3) is 5.91 Å². The summed E-state index contributed by atoms with van der Waals surface area (Å²) in [4.78, 5) is 11.8. The molecule has 0 fully saturated rings. The summed E-state index contributed by atoms with van der Waals surface area (Å²) < 4.78 is 5.43. The molecule has 0 aliphatic heterocycles. The third-order valence-corrected chi connectivity index (χ3v) is 3.82. The Morgan fingerprint density at radius 2 is 2.00 bits per heavy atom. The van der Waals surface area contributed by atoms with Crippen molar-refractivity contribution in [1.82, 2.24) is 5.43 Å². The van der Waals surface area contributed by atoms with Gasteiger partial charge in [0.1, 0.15) is 11.5 Å². The van der Waals surface area contributed by atoms with Gasteiger partial charge in [-0.1, -0.05) is 44.2 Å². The van der Waals surface area contributed by atoms with E-state index in [4.69, 9.17) is 4.74 Å². The van der Waals surface area contributed by atoms with Crippen LogP contribution in [0.2, 0.25) is 0 Å². The Labute approximate surface area is 154 Å². The van der Waals surface area contributed by atoms with E-state index in [1.165, 1.54) is 11.8 Å². The fraction of sp³-hybridized carbons (Fsp3) is 0.238. The van der Waals surface area contributed by atoms with Gasteiger partial charge in [0.05, 0.1) is 6.21 Å². The van der Waals surface area contributed by atoms with Crippen LogP contribution in [0.15, 0.2) is 60.2 Å². The number of phenolic OH excluding ortho intramolecular Hbond substituents is 1. The highest BCUT2D eigenvalue weighted by Gasteiger charge is 2.05. The zero-order valence-electron chi connectivity index (χ0n) is 15.1. The number of nitrogens with zero attached hydrogens (tertiary/aromatic N) is 1. The van der Waals surface area contributed by atoms with Crippen LogP contribution in [0.25, 0.3) is 0 Å². The summed E-state index contributed by atoms with van der Waals surface area (Å²) in [6, 6.07) is 13.0. The Morgan fingerprint density at radius 1 is 1.27 bits per heavy atom. The number of hydrogen-bond acceptors (Lipinski definition) is 4. The maximum atomic E-state index is 11.8. The third kappa shape index (κ3) is 5.48. The maximum Gasteiger partial charge on any atom is 0.277 e. The summed E-state index contributed by atoms with van der Waals surface area (Å²) in [6.07, 6.45) is 3.67. The highest BCUT2D eigenvalue weighted by molar-refractivity contribution is 5.86. The van der Waals surface area contributed by atoms with Gasteiger partial charge in [-0.3, -0.25) is 4.79 Å². The molecule has 2 N–H and O–H groups in total.